The van der Waals surface area contributed by atoms with Gasteiger partial charge in [-0.3, -0.25) is 0 Å². The van der Waals surface area contributed by atoms with Crippen molar-refractivity contribution in [2.75, 3.05) is 0 Å². The average molecular weight is 332 g/mol. The molecule has 1 aromatic rings. The maximum absolute atomic E-state index is 10.5. The third kappa shape index (κ3) is 1.81. The van der Waals surface area contributed by atoms with E-state index in [0.717, 1.165) is 0 Å². The van der Waals surface area contributed by atoms with Gasteiger partial charge in [0.1, 0.15) is 0 Å². The Morgan fingerprint density at radius 1 is 1.45 bits per heavy atom. The Morgan fingerprint density at radius 3 is 2.55 bits per heavy atom. The van der Waals surface area contributed by atoms with Crippen molar-refractivity contribution in [1.82, 2.24) is 0 Å². The number of rotatable bonds is 2. The number of benzene rings is 1. The Kier molecular flexibility index (Phi) is 2.66. The molecule has 0 heterocycles. The zero-order valence-electron chi connectivity index (χ0n) is 5.39. The van der Waals surface area contributed by atoms with Crippen LogP contribution in [0.2, 0.25) is 0 Å². The Bertz CT molecular complexity index is 272. The van der Waals surface area contributed by atoms with E-state index < -0.39 is 5.97 Å². The van der Waals surface area contributed by atoms with Crippen LogP contribution in [0.4, 0.5) is 0 Å². The van der Waals surface area contributed by atoms with Crippen LogP contribution in [0.1, 0.15) is 10.4 Å². The first-order valence-corrected chi connectivity index (χ1v) is 3.77. The van der Waals surface area contributed by atoms with E-state index in [1.54, 1.807) is 38.4 Å². The van der Waals surface area contributed by atoms with E-state index in [-0.39, 0.29) is 5.56 Å². The summed E-state index contributed by atoms with van der Waals surface area (Å²) in [5.74, 6) is -0.598. The molecule has 0 aliphatic carbocycles. The second-order valence-corrected chi connectivity index (χ2v) is 2.33. The van der Waals surface area contributed by atoms with Crippen LogP contribution in [0.3, 0.4) is 0 Å². The van der Waals surface area contributed by atoms with Crippen LogP contribution in [-0.2, 0) is 20.2 Å². The molecule has 0 unspecified atom stereocenters. The van der Waals surface area contributed by atoms with E-state index in [2.05, 4.69) is 0 Å². The predicted octanol–water partition coefficient (Wildman–Crippen LogP) is 1.23. The van der Waals surface area contributed by atoms with Crippen LogP contribution in [0, 0.1) is 0 Å². The van der Waals surface area contributed by atoms with Gasteiger partial charge in [-0.15, -0.1) is 0 Å². The van der Waals surface area contributed by atoms with Gasteiger partial charge in [-0.2, -0.15) is 0 Å². The summed E-state index contributed by atoms with van der Waals surface area (Å²) in [6.07, 6.45) is 0. The van der Waals surface area contributed by atoms with Crippen molar-refractivity contribution in [2.24, 2.45) is 0 Å². The fourth-order valence-corrected chi connectivity index (χ4v) is 1.10. The molecular weight excluding hydrogens is 327 g/mol. The van der Waals surface area contributed by atoms with Crippen molar-refractivity contribution in [3.8, 4) is 5.75 Å². The molecule has 61 valence electrons. The Balaban J connectivity index is 3.12. The molecule has 0 spiro atoms. The fourth-order valence-electron chi connectivity index (χ4n) is 0.700. The standard InChI is InChI=1S/C7H6O3.Pt/c8-6-4-2-1-3-5(6)7(9)10;/h1-4,8H,(H,9,10);/q;+1/p-1. The van der Waals surface area contributed by atoms with Gasteiger partial charge in [-0.1, -0.05) is 0 Å². The number of aromatic carboxylic acids is 1. The molecule has 0 aromatic heterocycles. The molecule has 1 aromatic carbocycles. The van der Waals surface area contributed by atoms with Crippen molar-refractivity contribution in [2.45, 2.75) is 0 Å². The van der Waals surface area contributed by atoms with Gasteiger partial charge in [0.15, 0.2) is 0 Å². The summed E-state index contributed by atoms with van der Waals surface area (Å²) >= 11 is 1.63. The minimum absolute atomic E-state index is 0.183. The number of para-hydroxylation sites is 1. The van der Waals surface area contributed by atoms with Gasteiger partial charge in [0, 0.05) is 0 Å². The first kappa shape index (κ1) is 8.28. The van der Waals surface area contributed by atoms with Crippen LogP contribution in [0.5, 0.6) is 5.75 Å². The van der Waals surface area contributed by atoms with E-state index in [4.69, 9.17) is 8.50 Å². The van der Waals surface area contributed by atoms with Crippen LogP contribution >= 0.6 is 0 Å². The number of carbonyl (C=O) groups is 1. The summed E-state index contributed by atoms with van der Waals surface area (Å²) in [5, 5.41) is 8.61. The molecule has 4 heteroatoms. The molecule has 11 heavy (non-hydrogen) atoms. The quantitative estimate of drug-likeness (QED) is 0.886. The van der Waals surface area contributed by atoms with Gasteiger partial charge in [0.25, 0.3) is 0 Å². The Morgan fingerprint density at radius 2 is 2.09 bits per heavy atom. The third-order valence-electron chi connectivity index (χ3n) is 1.19. The van der Waals surface area contributed by atoms with Crippen molar-refractivity contribution >= 4 is 5.97 Å². The van der Waals surface area contributed by atoms with Crippen molar-refractivity contribution in [3.63, 3.8) is 0 Å². The molecule has 0 aliphatic rings. The summed E-state index contributed by atoms with van der Waals surface area (Å²) in [6, 6.07) is 6.48. The van der Waals surface area contributed by atoms with Gasteiger partial charge >= 0.3 is 75.0 Å². The maximum atomic E-state index is 10.5. The molecule has 0 saturated carbocycles. The first-order valence-electron chi connectivity index (χ1n) is 2.84. The van der Waals surface area contributed by atoms with Gasteiger partial charge in [0.2, 0.25) is 0 Å². The molecule has 1 N–H and O–H groups in total. The summed E-state index contributed by atoms with van der Waals surface area (Å²) < 4.78 is 4.80. The van der Waals surface area contributed by atoms with E-state index in [9.17, 15) is 4.79 Å². The van der Waals surface area contributed by atoms with Crippen LogP contribution in [0.15, 0.2) is 24.3 Å². The minimum atomic E-state index is -0.974. The summed E-state index contributed by atoms with van der Waals surface area (Å²) in [4.78, 5) is 10.5. The van der Waals surface area contributed by atoms with Crippen LogP contribution < -0.4 is 3.39 Å². The molecular formula is C7H5O3Pt. The van der Waals surface area contributed by atoms with Gasteiger partial charge in [0.05, 0.1) is 0 Å². The van der Waals surface area contributed by atoms with E-state index in [0.29, 0.717) is 5.75 Å². The number of carboxylic acid groups (broad SMARTS) is 1. The number of hydrogen-bond acceptors (Lipinski definition) is 2. The zero-order chi connectivity index (χ0) is 8.27. The van der Waals surface area contributed by atoms with Crippen LogP contribution in [-0.4, -0.2) is 11.1 Å². The van der Waals surface area contributed by atoms with E-state index in [1.807, 2.05) is 0 Å². The first-order chi connectivity index (χ1) is 5.25. The van der Waals surface area contributed by atoms with Crippen molar-refractivity contribution in [3.05, 3.63) is 29.8 Å². The molecule has 0 atom stereocenters. The average Bonchev–Trinajstić information content (AvgIpc) is 2.04. The second-order valence-electron chi connectivity index (χ2n) is 1.87. The predicted molar refractivity (Wildman–Crippen MR) is 34.0 cm³/mol. The summed E-state index contributed by atoms with van der Waals surface area (Å²) in [5.41, 5.74) is 0.183. The SMILES string of the molecule is O=C(O)c1ccccc1[O][Pt]. The zero-order valence-corrected chi connectivity index (χ0v) is 7.66. The van der Waals surface area contributed by atoms with Gasteiger partial charge < -0.3 is 0 Å². The van der Waals surface area contributed by atoms with Gasteiger partial charge in [-0.05, 0) is 0 Å². The normalized spacial score (nSPS) is 9.27. The topological polar surface area (TPSA) is 46.5 Å². The fraction of sp³-hybridized carbons (Fsp3) is 0. The molecule has 0 radical (unpaired) electrons. The van der Waals surface area contributed by atoms with E-state index >= 15 is 0 Å². The summed E-state index contributed by atoms with van der Waals surface area (Å²) in [7, 11) is 0. The van der Waals surface area contributed by atoms with Crippen molar-refractivity contribution < 1.29 is 33.5 Å². The van der Waals surface area contributed by atoms with Crippen LogP contribution in [0.25, 0.3) is 0 Å². The molecule has 0 amide bonds. The van der Waals surface area contributed by atoms with Crippen molar-refractivity contribution in [1.29, 1.82) is 0 Å². The second kappa shape index (κ2) is 3.53. The molecule has 3 nitrogen and oxygen atoms in total. The number of hydrogen-bond donors (Lipinski definition) is 1. The Hall–Kier alpha value is -0.822. The molecule has 0 bridgehead atoms. The molecule has 0 aliphatic heterocycles. The number of carboxylic acids is 1. The third-order valence-corrected chi connectivity index (χ3v) is 1.69. The monoisotopic (exact) mass is 332 g/mol. The molecule has 0 fully saturated rings. The Labute approximate surface area is 75.3 Å². The molecule has 0 saturated heterocycles. The summed E-state index contributed by atoms with van der Waals surface area (Å²) in [6.45, 7) is 0. The van der Waals surface area contributed by atoms with Gasteiger partial charge in [-0.25, -0.2) is 0 Å². The van der Waals surface area contributed by atoms with E-state index in [1.165, 1.54) is 6.07 Å². The molecule has 1 rings (SSSR count).